The summed E-state index contributed by atoms with van der Waals surface area (Å²) in [6.45, 7) is 9.86. The van der Waals surface area contributed by atoms with Gasteiger partial charge >= 0.3 is 0 Å². The van der Waals surface area contributed by atoms with E-state index in [0.717, 1.165) is 11.9 Å². The molecule has 3 heteroatoms. The van der Waals surface area contributed by atoms with Gasteiger partial charge in [-0.3, -0.25) is 0 Å². The lowest BCUT2D eigenvalue weighted by atomic mass is 9.80. The highest BCUT2D eigenvalue weighted by atomic mass is 15.1. The molecule has 0 spiro atoms. The molecule has 1 aliphatic rings. The smallest absolute Gasteiger partial charge is 0.110 e. The van der Waals surface area contributed by atoms with Gasteiger partial charge in [-0.25, -0.2) is 4.98 Å². The molecule has 0 amide bonds. The van der Waals surface area contributed by atoms with Crippen molar-refractivity contribution in [2.75, 3.05) is 0 Å². The molecular formula is C18H27N3. The van der Waals surface area contributed by atoms with E-state index in [-0.39, 0.29) is 0 Å². The zero-order chi connectivity index (χ0) is 15.2. The monoisotopic (exact) mass is 285 g/mol. The fraction of sp³-hybridized carbons (Fsp3) is 0.611. The molecule has 1 atom stereocenters. The van der Waals surface area contributed by atoms with Crippen LogP contribution < -0.4 is 5.73 Å². The number of fused-ring (bicyclic) bond motifs is 1. The lowest BCUT2D eigenvalue weighted by Crippen LogP contribution is -2.21. The van der Waals surface area contributed by atoms with E-state index in [4.69, 9.17) is 10.7 Å². The maximum absolute atomic E-state index is 5.76. The van der Waals surface area contributed by atoms with Gasteiger partial charge < -0.3 is 10.3 Å². The first-order valence-electron chi connectivity index (χ1n) is 8.10. The first kappa shape index (κ1) is 14.6. The van der Waals surface area contributed by atoms with Crippen molar-refractivity contribution in [3.63, 3.8) is 0 Å². The minimum Gasteiger partial charge on any atom is -0.326 e. The molecule has 1 aromatic heterocycles. The Kier molecular flexibility index (Phi) is 3.56. The van der Waals surface area contributed by atoms with Gasteiger partial charge in [-0.05, 0) is 41.9 Å². The molecule has 0 radical (unpaired) electrons. The Balaban J connectivity index is 2.02. The second-order valence-corrected chi connectivity index (χ2v) is 7.63. The second kappa shape index (κ2) is 5.13. The predicted octanol–water partition coefficient (Wildman–Crippen LogP) is 4.05. The van der Waals surface area contributed by atoms with Crippen LogP contribution in [0.5, 0.6) is 0 Å². The van der Waals surface area contributed by atoms with Crippen molar-refractivity contribution in [2.24, 2.45) is 17.1 Å². The van der Waals surface area contributed by atoms with Crippen LogP contribution in [0.3, 0.4) is 0 Å². The van der Waals surface area contributed by atoms with Crippen LogP contribution in [-0.2, 0) is 13.0 Å². The molecule has 3 nitrogen and oxygen atoms in total. The molecule has 1 heterocycles. The van der Waals surface area contributed by atoms with Crippen LogP contribution in [0.4, 0.5) is 0 Å². The van der Waals surface area contributed by atoms with Crippen LogP contribution in [0.15, 0.2) is 18.2 Å². The van der Waals surface area contributed by atoms with Crippen LogP contribution >= 0.6 is 0 Å². The van der Waals surface area contributed by atoms with Gasteiger partial charge in [0.25, 0.3) is 0 Å². The Morgan fingerprint density at radius 3 is 2.62 bits per heavy atom. The molecule has 1 aromatic carbocycles. The van der Waals surface area contributed by atoms with Crippen LogP contribution in [0.1, 0.15) is 58.0 Å². The van der Waals surface area contributed by atoms with Crippen LogP contribution in [0.2, 0.25) is 0 Å². The van der Waals surface area contributed by atoms with Gasteiger partial charge in [0.1, 0.15) is 5.82 Å². The molecule has 3 rings (SSSR count). The van der Waals surface area contributed by atoms with Gasteiger partial charge in [0.15, 0.2) is 0 Å². The standard InChI is InChI=1S/C18H27N3/c1-12(18(2,3)4)9-17-20-15-10-13(11-19)5-8-16(15)21(17)14-6-7-14/h5,8,10,12,14H,6-7,9,11,19H2,1-4H3. The highest BCUT2D eigenvalue weighted by molar-refractivity contribution is 5.77. The first-order valence-corrected chi connectivity index (χ1v) is 8.10. The van der Waals surface area contributed by atoms with E-state index < -0.39 is 0 Å². The van der Waals surface area contributed by atoms with Gasteiger partial charge in [0.05, 0.1) is 11.0 Å². The number of nitrogens with zero attached hydrogens (tertiary/aromatic N) is 2. The normalized spacial score (nSPS) is 17.4. The third-order valence-electron chi connectivity index (χ3n) is 4.94. The van der Waals surface area contributed by atoms with Gasteiger partial charge in [-0.15, -0.1) is 0 Å². The Morgan fingerprint density at radius 2 is 2.05 bits per heavy atom. The molecule has 0 saturated heterocycles. The fourth-order valence-electron chi connectivity index (χ4n) is 2.79. The topological polar surface area (TPSA) is 43.8 Å². The number of hydrogen-bond donors (Lipinski definition) is 1. The Bertz CT molecular complexity index is 644. The molecule has 114 valence electrons. The van der Waals surface area contributed by atoms with Crippen molar-refractivity contribution in [1.29, 1.82) is 0 Å². The van der Waals surface area contributed by atoms with Gasteiger partial charge in [-0.1, -0.05) is 33.8 Å². The summed E-state index contributed by atoms with van der Waals surface area (Å²) in [4.78, 5) is 4.94. The highest BCUT2D eigenvalue weighted by Crippen LogP contribution is 2.40. The van der Waals surface area contributed by atoms with Crippen molar-refractivity contribution >= 4 is 11.0 Å². The summed E-state index contributed by atoms with van der Waals surface area (Å²) in [7, 11) is 0. The molecule has 21 heavy (non-hydrogen) atoms. The minimum atomic E-state index is 0.314. The number of benzene rings is 1. The molecule has 1 unspecified atom stereocenters. The Labute approximate surface area is 127 Å². The second-order valence-electron chi connectivity index (χ2n) is 7.63. The lowest BCUT2D eigenvalue weighted by molar-refractivity contribution is 0.255. The number of imidazole rings is 1. The fourth-order valence-corrected chi connectivity index (χ4v) is 2.79. The SMILES string of the molecule is CC(Cc1nc2cc(CN)ccc2n1C1CC1)C(C)(C)C. The maximum Gasteiger partial charge on any atom is 0.110 e. The number of hydrogen-bond acceptors (Lipinski definition) is 2. The summed E-state index contributed by atoms with van der Waals surface area (Å²) in [5.74, 6) is 1.87. The molecule has 0 bridgehead atoms. The first-order chi connectivity index (χ1) is 9.90. The van der Waals surface area contributed by atoms with E-state index in [1.54, 1.807) is 0 Å². The third kappa shape index (κ3) is 2.84. The molecule has 0 aliphatic heterocycles. The minimum absolute atomic E-state index is 0.314. The number of nitrogens with two attached hydrogens (primary N) is 1. The predicted molar refractivity (Wildman–Crippen MR) is 88.2 cm³/mol. The van der Waals surface area contributed by atoms with Gasteiger partial charge in [0, 0.05) is 19.0 Å². The highest BCUT2D eigenvalue weighted by Gasteiger charge is 2.30. The van der Waals surface area contributed by atoms with Crippen molar-refractivity contribution in [3.05, 3.63) is 29.6 Å². The summed E-state index contributed by atoms with van der Waals surface area (Å²) in [5, 5.41) is 0. The summed E-state index contributed by atoms with van der Waals surface area (Å²) >= 11 is 0. The quantitative estimate of drug-likeness (QED) is 0.920. The Hall–Kier alpha value is -1.35. The molecular weight excluding hydrogens is 258 g/mol. The third-order valence-corrected chi connectivity index (χ3v) is 4.94. The molecule has 1 saturated carbocycles. The van der Waals surface area contributed by atoms with E-state index in [2.05, 4.69) is 50.5 Å². The summed E-state index contributed by atoms with van der Waals surface area (Å²) in [6.07, 6.45) is 3.63. The molecule has 1 aliphatic carbocycles. The van der Waals surface area contributed by atoms with Crippen molar-refractivity contribution in [2.45, 2.75) is 59.5 Å². The van der Waals surface area contributed by atoms with E-state index in [9.17, 15) is 0 Å². The average molecular weight is 285 g/mol. The number of aromatic nitrogens is 2. The molecule has 2 aromatic rings. The Morgan fingerprint density at radius 1 is 1.33 bits per heavy atom. The van der Waals surface area contributed by atoms with Crippen LogP contribution in [-0.4, -0.2) is 9.55 Å². The lowest BCUT2D eigenvalue weighted by Gasteiger charge is -2.27. The number of rotatable bonds is 4. The van der Waals surface area contributed by atoms with Gasteiger partial charge in [0.2, 0.25) is 0 Å². The molecule has 2 N–H and O–H groups in total. The van der Waals surface area contributed by atoms with Crippen molar-refractivity contribution in [3.8, 4) is 0 Å². The average Bonchev–Trinajstić information content (AvgIpc) is 3.18. The van der Waals surface area contributed by atoms with E-state index in [0.29, 0.717) is 23.9 Å². The van der Waals surface area contributed by atoms with Crippen LogP contribution in [0, 0.1) is 11.3 Å². The van der Waals surface area contributed by atoms with E-state index in [1.165, 1.54) is 29.7 Å². The zero-order valence-electron chi connectivity index (χ0n) is 13.7. The van der Waals surface area contributed by atoms with Crippen molar-refractivity contribution < 1.29 is 0 Å². The van der Waals surface area contributed by atoms with Gasteiger partial charge in [-0.2, -0.15) is 0 Å². The zero-order valence-corrected chi connectivity index (χ0v) is 13.7. The van der Waals surface area contributed by atoms with E-state index >= 15 is 0 Å². The van der Waals surface area contributed by atoms with Crippen LogP contribution in [0.25, 0.3) is 11.0 Å². The summed E-state index contributed by atoms with van der Waals surface area (Å²) < 4.78 is 2.48. The summed E-state index contributed by atoms with van der Waals surface area (Å²) in [5.41, 5.74) is 9.64. The largest absolute Gasteiger partial charge is 0.326 e. The molecule has 1 fully saturated rings. The summed E-state index contributed by atoms with van der Waals surface area (Å²) in [6, 6.07) is 7.16. The van der Waals surface area contributed by atoms with Crippen molar-refractivity contribution in [1.82, 2.24) is 9.55 Å². The maximum atomic E-state index is 5.76. The van der Waals surface area contributed by atoms with E-state index in [1.807, 2.05) is 0 Å².